The quantitative estimate of drug-likeness (QED) is 0.0460. The van der Waals surface area contributed by atoms with Gasteiger partial charge >= 0.3 is 5.97 Å². The molecule has 0 radical (unpaired) electrons. The number of nitrogens with zero attached hydrogens (tertiary/aromatic N) is 3. The molecule has 75 heavy (non-hydrogen) atoms. The predicted octanol–water partition coefficient (Wildman–Crippen LogP) is 13.9. The van der Waals surface area contributed by atoms with Gasteiger partial charge in [-0.15, -0.1) is 0 Å². The lowest BCUT2D eigenvalue weighted by molar-refractivity contribution is -0.178. The summed E-state index contributed by atoms with van der Waals surface area (Å²) in [5, 5.41) is 30.0. The summed E-state index contributed by atoms with van der Waals surface area (Å²) in [7, 11) is 0. The number of hydrogen-bond donors (Lipinski definition) is 3. The topological polar surface area (TPSA) is 163 Å². The Morgan fingerprint density at radius 3 is 1.93 bits per heavy atom. The van der Waals surface area contributed by atoms with Crippen LogP contribution in [0.1, 0.15) is 198 Å². The van der Waals surface area contributed by atoms with Crippen LogP contribution in [-0.2, 0) is 28.6 Å². The standard InChI is InChI=1S/C62H106ClN5O7/c1-24-68(33-25-27-44(6)67-49-30-32-65-50-37-47(63)28-29-48(49)50)34-36-73-53(72)62(23,56(13,14)42(2)3)40-55(11,12)59(19,20)61(22,52(71)66-38-45(7)69)39-54(9,10)58(17,18)60(21,41-64)31-26-35-74-57(15,16)51(70)46(8)75-43(4)5/h28-30,32,37,42-46,69H,24-27,31,33-36,38-40H2,1-23H3,(H,65,67)(H,66,71)/t44?,45?,46?,60?,61?,62-/m1/s1. The minimum Gasteiger partial charge on any atom is -0.464 e. The SMILES string of the molecule is CCN(CCCC(C)Nc1ccnc2cc(Cl)ccc12)CCOC(=O)[C@@](C)(CC(C)(C)C(C)(C)C(C)(CC(C)(C)C(C)(C)C(C)(C#N)CCCOC(C)(C)C(=O)C(C)OC(C)C)C(=O)NCC(C)O)C(C)(C)C(C)C. The highest BCUT2D eigenvalue weighted by Gasteiger charge is 2.63. The van der Waals surface area contributed by atoms with Crippen molar-refractivity contribution in [1.29, 1.82) is 5.26 Å². The second kappa shape index (κ2) is 26.5. The maximum atomic E-state index is 15.1. The summed E-state index contributed by atoms with van der Waals surface area (Å²) in [6, 6.07) is 10.7. The van der Waals surface area contributed by atoms with Crippen LogP contribution in [0.3, 0.4) is 0 Å². The number of rotatable bonds is 33. The molecule has 1 heterocycles. The number of carbonyl (C=O) groups excluding carboxylic acids is 3. The van der Waals surface area contributed by atoms with Crippen LogP contribution in [0, 0.1) is 60.6 Å². The molecule has 3 N–H and O–H groups in total. The molecule has 1 aromatic carbocycles. The van der Waals surface area contributed by atoms with Crippen molar-refractivity contribution in [3.05, 3.63) is 35.5 Å². The number of halogens is 1. The molecule has 2 aromatic rings. The molecule has 0 saturated heterocycles. The van der Waals surface area contributed by atoms with E-state index >= 15 is 4.79 Å². The van der Waals surface area contributed by atoms with Gasteiger partial charge in [-0.2, -0.15) is 5.26 Å². The summed E-state index contributed by atoms with van der Waals surface area (Å²) >= 11 is 6.23. The zero-order chi connectivity index (χ0) is 58.0. The van der Waals surface area contributed by atoms with Gasteiger partial charge in [-0.25, -0.2) is 0 Å². The van der Waals surface area contributed by atoms with E-state index in [2.05, 4.69) is 130 Å². The number of aromatic nitrogens is 1. The molecule has 12 nitrogen and oxygen atoms in total. The molecule has 0 saturated carbocycles. The summed E-state index contributed by atoms with van der Waals surface area (Å²) in [6.45, 7) is 49.9. The van der Waals surface area contributed by atoms with Crippen molar-refractivity contribution in [3.63, 3.8) is 0 Å². The van der Waals surface area contributed by atoms with Gasteiger partial charge in [-0.05, 0) is 171 Å². The van der Waals surface area contributed by atoms with E-state index in [1.165, 1.54) is 0 Å². The maximum absolute atomic E-state index is 15.1. The number of nitrogens with one attached hydrogen (secondary N) is 2. The number of esters is 1. The third-order valence-corrected chi connectivity index (χ3v) is 19.6. The van der Waals surface area contributed by atoms with Gasteiger partial charge in [0.1, 0.15) is 18.3 Å². The minimum absolute atomic E-state index is 0.0834. The van der Waals surface area contributed by atoms with Crippen LogP contribution in [-0.4, -0.2) is 102 Å². The highest BCUT2D eigenvalue weighted by Crippen LogP contribution is 2.65. The van der Waals surface area contributed by atoms with E-state index in [4.69, 9.17) is 25.8 Å². The molecule has 0 aliphatic carbocycles. The van der Waals surface area contributed by atoms with Gasteiger partial charge in [0.25, 0.3) is 0 Å². The molecule has 0 aliphatic rings. The second-order valence-electron chi connectivity index (χ2n) is 26.8. The van der Waals surface area contributed by atoms with E-state index in [1.807, 2.05) is 52.0 Å². The lowest BCUT2D eigenvalue weighted by Gasteiger charge is -2.60. The first-order valence-corrected chi connectivity index (χ1v) is 28.5. The number of amides is 1. The third kappa shape index (κ3) is 16.1. The minimum atomic E-state index is -1.08. The van der Waals surface area contributed by atoms with Gasteiger partial charge in [0, 0.05) is 48.0 Å². The number of fused-ring (bicyclic) bond motifs is 1. The number of pyridine rings is 1. The van der Waals surface area contributed by atoms with Crippen molar-refractivity contribution >= 4 is 45.9 Å². The number of ether oxygens (including phenoxy) is 3. The number of ketones is 1. The average molecular weight is 1070 g/mol. The van der Waals surface area contributed by atoms with Crippen LogP contribution < -0.4 is 10.6 Å². The van der Waals surface area contributed by atoms with Crippen molar-refractivity contribution in [2.45, 2.75) is 228 Å². The highest BCUT2D eigenvalue weighted by atomic mass is 35.5. The van der Waals surface area contributed by atoms with Gasteiger partial charge in [0.2, 0.25) is 5.91 Å². The fourth-order valence-electron chi connectivity index (χ4n) is 11.3. The smallest absolute Gasteiger partial charge is 0.312 e. The van der Waals surface area contributed by atoms with E-state index in [1.54, 1.807) is 33.9 Å². The zero-order valence-corrected chi connectivity index (χ0v) is 52.1. The van der Waals surface area contributed by atoms with Crippen molar-refractivity contribution < 1.29 is 33.7 Å². The molecular weight excluding hydrogens is 962 g/mol. The molecule has 5 unspecified atom stereocenters. The Kier molecular flexibility index (Phi) is 24.0. The van der Waals surface area contributed by atoms with Crippen LogP contribution in [0.25, 0.3) is 10.9 Å². The van der Waals surface area contributed by atoms with Crippen molar-refractivity contribution in [3.8, 4) is 6.07 Å². The van der Waals surface area contributed by atoms with Crippen LogP contribution in [0.2, 0.25) is 5.02 Å². The van der Waals surface area contributed by atoms with E-state index in [9.17, 15) is 20.0 Å². The van der Waals surface area contributed by atoms with E-state index in [0.717, 1.165) is 42.5 Å². The first-order valence-electron chi connectivity index (χ1n) is 28.1. The summed E-state index contributed by atoms with van der Waals surface area (Å²) < 4.78 is 18.3. The summed E-state index contributed by atoms with van der Waals surface area (Å²) in [5.74, 6) is -0.448. The average Bonchev–Trinajstić information content (AvgIpc) is 3.30. The Morgan fingerprint density at radius 2 is 1.39 bits per heavy atom. The van der Waals surface area contributed by atoms with Crippen LogP contribution in [0.5, 0.6) is 0 Å². The lowest BCUT2D eigenvalue weighted by Crippen LogP contribution is -2.60. The molecule has 0 aliphatic heterocycles. The van der Waals surface area contributed by atoms with Crippen molar-refractivity contribution in [2.75, 3.05) is 44.7 Å². The van der Waals surface area contributed by atoms with Gasteiger partial charge < -0.3 is 34.9 Å². The fourth-order valence-corrected chi connectivity index (χ4v) is 11.4. The number of benzene rings is 1. The number of aliphatic hydroxyl groups is 1. The zero-order valence-electron chi connectivity index (χ0n) is 51.4. The van der Waals surface area contributed by atoms with Gasteiger partial charge in [-0.1, -0.05) is 109 Å². The summed E-state index contributed by atoms with van der Waals surface area (Å²) in [5.41, 5.74) is -5.30. The monoisotopic (exact) mass is 1070 g/mol. The normalized spacial score (nSPS) is 16.9. The molecule has 6 atom stereocenters. The number of nitriles is 1. The van der Waals surface area contributed by atoms with Crippen molar-refractivity contribution in [2.24, 2.45) is 49.2 Å². The lowest BCUT2D eigenvalue weighted by atomic mass is 9.43. The molecule has 428 valence electrons. The number of likely N-dealkylation sites (N-methyl/N-ethyl adjacent to an activating group) is 1. The first kappa shape index (κ1) is 67.8. The number of hydrogen-bond acceptors (Lipinski definition) is 11. The Balaban J connectivity index is 2.41. The van der Waals surface area contributed by atoms with Gasteiger partial charge in [0.05, 0.1) is 40.0 Å². The molecule has 13 heteroatoms. The predicted molar refractivity (Wildman–Crippen MR) is 310 cm³/mol. The first-order chi connectivity index (χ1) is 34.2. The van der Waals surface area contributed by atoms with Crippen LogP contribution in [0.4, 0.5) is 5.69 Å². The Labute approximate surface area is 461 Å². The Hall–Kier alpha value is -3.34. The molecule has 2 rings (SSSR count). The van der Waals surface area contributed by atoms with Gasteiger partial charge in [-0.3, -0.25) is 19.4 Å². The van der Waals surface area contributed by atoms with E-state index in [-0.39, 0.29) is 55.5 Å². The summed E-state index contributed by atoms with van der Waals surface area (Å²) in [4.78, 5) is 50.2. The van der Waals surface area contributed by atoms with Crippen LogP contribution in [0.15, 0.2) is 30.5 Å². The number of Topliss-reactive ketones (excluding diaryl/α,β-unsaturated/α-hetero) is 1. The largest absolute Gasteiger partial charge is 0.464 e. The molecule has 0 bridgehead atoms. The highest BCUT2D eigenvalue weighted by molar-refractivity contribution is 6.31. The number of anilines is 1. The van der Waals surface area contributed by atoms with Crippen LogP contribution >= 0.6 is 11.6 Å². The molecule has 1 aromatic heterocycles. The van der Waals surface area contributed by atoms with Crippen molar-refractivity contribution in [1.82, 2.24) is 15.2 Å². The third-order valence-electron chi connectivity index (χ3n) is 19.4. The Morgan fingerprint density at radius 1 is 0.800 bits per heavy atom. The molecule has 0 spiro atoms. The van der Waals surface area contributed by atoms with Gasteiger partial charge in [0.15, 0.2) is 5.78 Å². The number of carbonyl (C=O) groups is 3. The molecular formula is C62H106ClN5O7. The van der Waals surface area contributed by atoms with E-state index in [0.29, 0.717) is 37.3 Å². The molecule has 0 fully saturated rings. The van der Waals surface area contributed by atoms with E-state index < -0.39 is 61.1 Å². The summed E-state index contributed by atoms with van der Waals surface area (Å²) in [6.07, 6.45) is 4.12. The number of aliphatic hydroxyl groups excluding tert-OH is 1. The Bertz CT molecular complexity index is 2230. The molecule has 1 amide bonds. The fraction of sp³-hybridized carbons (Fsp3) is 0.790. The second-order valence-corrected chi connectivity index (χ2v) is 27.3. The maximum Gasteiger partial charge on any atom is 0.312 e.